The van der Waals surface area contributed by atoms with Crippen LogP contribution in [0.25, 0.3) is 6.08 Å². The molecule has 7 nitrogen and oxygen atoms in total. The first-order valence-electron chi connectivity index (χ1n) is 8.62. The fourth-order valence-corrected chi connectivity index (χ4v) is 2.51. The number of hydrogen-bond donors (Lipinski definition) is 1. The Hall–Kier alpha value is -3.19. The van der Waals surface area contributed by atoms with Crippen LogP contribution in [-0.2, 0) is 20.9 Å². The second-order valence-corrected chi connectivity index (χ2v) is 6.23. The molecule has 1 amide bonds. The van der Waals surface area contributed by atoms with Crippen molar-refractivity contribution < 1.29 is 28.5 Å². The van der Waals surface area contributed by atoms with Gasteiger partial charge in [-0.05, 0) is 29.8 Å². The monoisotopic (exact) mass is 419 g/mol. The van der Waals surface area contributed by atoms with Crippen molar-refractivity contribution >= 4 is 29.6 Å². The van der Waals surface area contributed by atoms with E-state index in [4.69, 9.17) is 30.5 Å². The van der Waals surface area contributed by atoms with Crippen LogP contribution in [-0.4, -0.2) is 39.8 Å². The summed E-state index contributed by atoms with van der Waals surface area (Å²) < 4.78 is 20.7. The summed E-state index contributed by atoms with van der Waals surface area (Å²) in [5.41, 5.74) is 1.48. The quantitative estimate of drug-likeness (QED) is 0.496. The van der Waals surface area contributed by atoms with Crippen molar-refractivity contribution in [3.63, 3.8) is 0 Å². The molecule has 2 rings (SSSR count). The smallest absolute Gasteiger partial charge is 0.331 e. The van der Waals surface area contributed by atoms with Gasteiger partial charge in [-0.2, -0.15) is 0 Å². The Balaban J connectivity index is 1.89. The minimum Gasteiger partial charge on any atom is -0.496 e. The Kier molecular flexibility index (Phi) is 8.36. The Morgan fingerprint density at radius 2 is 1.59 bits per heavy atom. The van der Waals surface area contributed by atoms with E-state index in [0.717, 1.165) is 5.56 Å². The Bertz CT molecular complexity index is 879. The highest BCUT2D eigenvalue weighted by Crippen LogP contribution is 2.35. The summed E-state index contributed by atoms with van der Waals surface area (Å²) in [6.45, 7) is -0.0773. The van der Waals surface area contributed by atoms with Crippen LogP contribution >= 0.6 is 11.6 Å². The fourth-order valence-electron chi connectivity index (χ4n) is 2.38. The predicted molar refractivity (Wildman–Crippen MR) is 109 cm³/mol. The van der Waals surface area contributed by atoms with E-state index in [9.17, 15) is 9.59 Å². The third-order valence-corrected chi connectivity index (χ3v) is 4.14. The standard InChI is InChI=1S/C21H22ClNO6/c1-26-17-11-19(28-3)18(27-2)10-15(17)6-9-21(25)29-13-20(24)23-12-14-4-7-16(22)8-5-14/h4-11H,12-13H2,1-3H3,(H,23,24)/b9-6+. The lowest BCUT2D eigenvalue weighted by Crippen LogP contribution is -2.28. The van der Waals surface area contributed by atoms with E-state index in [1.807, 2.05) is 0 Å². The van der Waals surface area contributed by atoms with E-state index in [2.05, 4.69) is 5.32 Å². The van der Waals surface area contributed by atoms with Crippen LogP contribution in [0.3, 0.4) is 0 Å². The van der Waals surface area contributed by atoms with E-state index < -0.39 is 11.9 Å². The largest absolute Gasteiger partial charge is 0.496 e. The number of nitrogens with one attached hydrogen (secondary N) is 1. The molecule has 0 unspecified atom stereocenters. The zero-order valence-electron chi connectivity index (χ0n) is 16.4. The number of halogens is 1. The number of benzene rings is 2. The van der Waals surface area contributed by atoms with Gasteiger partial charge in [0.05, 0.1) is 21.3 Å². The van der Waals surface area contributed by atoms with Crippen molar-refractivity contribution in [3.8, 4) is 17.2 Å². The predicted octanol–water partition coefficient (Wildman–Crippen LogP) is 3.24. The Labute approximate surface area is 174 Å². The number of amides is 1. The van der Waals surface area contributed by atoms with Crippen molar-refractivity contribution in [2.45, 2.75) is 6.54 Å². The molecule has 1 N–H and O–H groups in total. The van der Waals surface area contributed by atoms with Gasteiger partial charge < -0.3 is 24.3 Å². The van der Waals surface area contributed by atoms with Crippen molar-refractivity contribution in [3.05, 3.63) is 58.6 Å². The lowest BCUT2D eigenvalue weighted by Gasteiger charge is -2.12. The summed E-state index contributed by atoms with van der Waals surface area (Å²) in [5.74, 6) is 0.408. The zero-order valence-corrected chi connectivity index (χ0v) is 17.1. The molecule has 0 aliphatic rings. The van der Waals surface area contributed by atoms with E-state index in [1.165, 1.54) is 33.5 Å². The Morgan fingerprint density at radius 1 is 0.966 bits per heavy atom. The average Bonchev–Trinajstić information content (AvgIpc) is 2.75. The first kappa shape index (κ1) is 22.1. The van der Waals surface area contributed by atoms with Gasteiger partial charge in [0.15, 0.2) is 18.1 Å². The molecule has 0 fully saturated rings. The number of carbonyl (C=O) groups excluding carboxylic acids is 2. The third kappa shape index (κ3) is 6.73. The van der Waals surface area contributed by atoms with Crippen LogP contribution in [0, 0.1) is 0 Å². The molecule has 0 aliphatic carbocycles. The molecule has 8 heteroatoms. The zero-order chi connectivity index (χ0) is 21.2. The molecule has 0 aromatic heterocycles. The molecule has 0 heterocycles. The average molecular weight is 420 g/mol. The number of carbonyl (C=O) groups is 2. The molecule has 0 spiro atoms. The van der Waals surface area contributed by atoms with Gasteiger partial charge in [-0.1, -0.05) is 23.7 Å². The first-order chi connectivity index (χ1) is 14.0. The topological polar surface area (TPSA) is 83.1 Å². The summed E-state index contributed by atoms with van der Waals surface area (Å²) in [6.07, 6.45) is 2.71. The fraction of sp³-hybridized carbons (Fsp3) is 0.238. The van der Waals surface area contributed by atoms with Crippen LogP contribution in [0.15, 0.2) is 42.5 Å². The van der Waals surface area contributed by atoms with E-state index in [1.54, 1.807) is 36.4 Å². The van der Waals surface area contributed by atoms with Gasteiger partial charge in [-0.15, -0.1) is 0 Å². The van der Waals surface area contributed by atoms with Gasteiger partial charge in [-0.3, -0.25) is 4.79 Å². The van der Waals surface area contributed by atoms with Gasteiger partial charge in [0, 0.05) is 29.3 Å². The number of ether oxygens (including phenoxy) is 4. The van der Waals surface area contributed by atoms with Gasteiger partial charge in [0.25, 0.3) is 5.91 Å². The number of methoxy groups -OCH3 is 3. The molecular weight excluding hydrogens is 398 g/mol. The number of esters is 1. The van der Waals surface area contributed by atoms with Crippen molar-refractivity contribution in [2.75, 3.05) is 27.9 Å². The highest BCUT2D eigenvalue weighted by atomic mass is 35.5. The molecule has 0 radical (unpaired) electrons. The second-order valence-electron chi connectivity index (χ2n) is 5.79. The van der Waals surface area contributed by atoms with Crippen molar-refractivity contribution in [1.82, 2.24) is 5.32 Å². The van der Waals surface area contributed by atoms with E-state index in [0.29, 0.717) is 34.4 Å². The molecular formula is C21H22ClNO6. The summed E-state index contributed by atoms with van der Waals surface area (Å²) in [5, 5.41) is 3.28. The normalized spacial score (nSPS) is 10.5. The van der Waals surface area contributed by atoms with Crippen LogP contribution in [0.5, 0.6) is 17.2 Å². The third-order valence-electron chi connectivity index (χ3n) is 3.88. The van der Waals surface area contributed by atoms with Crippen molar-refractivity contribution in [1.29, 1.82) is 0 Å². The van der Waals surface area contributed by atoms with Gasteiger partial charge in [0.1, 0.15) is 5.75 Å². The summed E-state index contributed by atoms with van der Waals surface area (Å²) >= 11 is 5.81. The Morgan fingerprint density at radius 3 is 2.21 bits per heavy atom. The van der Waals surface area contributed by atoms with Gasteiger partial charge >= 0.3 is 5.97 Å². The van der Waals surface area contributed by atoms with Crippen LogP contribution in [0.4, 0.5) is 0 Å². The molecule has 0 atom stereocenters. The molecule has 29 heavy (non-hydrogen) atoms. The van der Waals surface area contributed by atoms with Crippen LogP contribution in [0.1, 0.15) is 11.1 Å². The molecule has 0 saturated carbocycles. The second kappa shape index (κ2) is 11.0. The number of hydrogen-bond acceptors (Lipinski definition) is 6. The minimum atomic E-state index is -0.663. The highest BCUT2D eigenvalue weighted by molar-refractivity contribution is 6.30. The van der Waals surface area contributed by atoms with E-state index in [-0.39, 0.29) is 6.61 Å². The first-order valence-corrected chi connectivity index (χ1v) is 9.00. The van der Waals surface area contributed by atoms with Gasteiger partial charge in [-0.25, -0.2) is 4.79 Å². The van der Waals surface area contributed by atoms with Crippen LogP contribution < -0.4 is 19.5 Å². The molecule has 154 valence electrons. The van der Waals surface area contributed by atoms with E-state index >= 15 is 0 Å². The summed E-state index contributed by atoms with van der Waals surface area (Å²) in [6, 6.07) is 10.4. The molecule has 0 aliphatic heterocycles. The lowest BCUT2D eigenvalue weighted by molar-refractivity contribution is -0.143. The number of rotatable bonds is 9. The maximum atomic E-state index is 11.9. The van der Waals surface area contributed by atoms with Gasteiger partial charge in [0.2, 0.25) is 0 Å². The summed E-state index contributed by atoms with van der Waals surface area (Å²) in [7, 11) is 4.53. The van der Waals surface area contributed by atoms with Crippen LogP contribution in [0.2, 0.25) is 5.02 Å². The molecule has 2 aromatic carbocycles. The lowest BCUT2D eigenvalue weighted by atomic mass is 10.1. The summed E-state index contributed by atoms with van der Waals surface area (Å²) in [4.78, 5) is 23.7. The maximum Gasteiger partial charge on any atom is 0.331 e. The molecule has 0 bridgehead atoms. The maximum absolute atomic E-state index is 11.9. The van der Waals surface area contributed by atoms with Crippen molar-refractivity contribution in [2.24, 2.45) is 0 Å². The molecule has 0 saturated heterocycles. The molecule has 2 aromatic rings. The highest BCUT2D eigenvalue weighted by Gasteiger charge is 2.11. The SMILES string of the molecule is COc1cc(OC)c(OC)cc1/C=C/C(=O)OCC(=O)NCc1ccc(Cl)cc1. The minimum absolute atomic E-state index is 0.312.